The molecule has 0 saturated carbocycles. The summed E-state index contributed by atoms with van der Waals surface area (Å²) in [6.07, 6.45) is 7.78. The van der Waals surface area contributed by atoms with Crippen LogP contribution < -0.4 is 16.0 Å². The van der Waals surface area contributed by atoms with Crippen molar-refractivity contribution in [2.45, 2.75) is 18.9 Å². The molecule has 4 N–H and O–H groups in total. The molecule has 3 aromatic heterocycles. The molecule has 0 bridgehead atoms. The van der Waals surface area contributed by atoms with E-state index in [-0.39, 0.29) is 5.54 Å². The van der Waals surface area contributed by atoms with E-state index >= 15 is 0 Å². The van der Waals surface area contributed by atoms with Crippen LogP contribution in [0.1, 0.15) is 12.0 Å². The number of aryl methyl sites for hydroxylation is 1. The molecule has 7 nitrogen and oxygen atoms in total. The number of nitrogens with one attached hydrogen (secondary N) is 2. The average molecular weight is 358 g/mol. The van der Waals surface area contributed by atoms with Crippen molar-refractivity contribution >= 4 is 34.1 Å². The van der Waals surface area contributed by atoms with Crippen molar-refractivity contribution in [3.63, 3.8) is 0 Å². The summed E-state index contributed by atoms with van der Waals surface area (Å²) in [7, 11) is 0. The first-order valence-electron chi connectivity index (χ1n) is 8.22. The Kier molecular flexibility index (Phi) is 3.97. The topological polar surface area (TPSA) is 95.8 Å². The average Bonchev–Trinajstić information content (AvgIpc) is 3.18. The molecule has 0 radical (unpaired) electrons. The van der Waals surface area contributed by atoms with Gasteiger partial charge in [-0.05, 0) is 25.0 Å². The van der Waals surface area contributed by atoms with Gasteiger partial charge in [0.1, 0.15) is 17.8 Å². The van der Waals surface area contributed by atoms with Crippen molar-refractivity contribution in [3.8, 4) is 0 Å². The fraction of sp³-hybridized carbons (Fsp3) is 0.353. The molecule has 1 aliphatic rings. The molecule has 4 heterocycles. The van der Waals surface area contributed by atoms with E-state index in [0.29, 0.717) is 18.1 Å². The van der Waals surface area contributed by atoms with Gasteiger partial charge >= 0.3 is 0 Å². The van der Waals surface area contributed by atoms with Crippen LogP contribution in [0.15, 0.2) is 31.0 Å². The highest BCUT2D eigenvalue weighted by Gasteiger charge is 2.36. The second-order valence-corrected chi connectivity index (χ2v) is 7.04. The van der Waals surface area contributed by atoms with Gasteiger partial charge in [0.05, 0.1) is 27.8 Å². The van der Waals surface area contributed by atoms with E-state index in [1.54, 1.807) is 18.7 Å². The van der Waals surface area contributed by atoms with Crippen LogP contribution in [0.2, 0.25) is 5.02 Å². The van der Waals surface area contributed by atoms with Gasteiger partial charge in [-0.1, -0.05) is 11.6 Å². The van der Waals surface area contributed by atoms with Gasteiger partial charge in [0.25, 0.3) is 0 Å². The first kappa shape index (κ1) is 16.1. The number of hydrogen-bond acceptors (Lipinski definition) is 6. The van der Waals surface area contributed by atoms with Crippen molar-refractivity contribution in [1.82, 2.24) is 19.9 Å². The van der Waals surface area contributed by atoms with Crippen LogP contribution in [-0.2, 0) is 0 Å². The van der Waals surface area contributed by atoms with E-state index in [0.717, 1.165) is 41.1 Å². The van der Waals surface area contributed by atoms with Crippen molar-refractivity contribution in [3.05, 3.63) is 41.6 Å². The number of fused-ring (bicyclic) bond motifs is 1. The van der Waals surface area contributed by atoms with Gasteiger partial charge in [0.2, 0.25) is 0 Å². The van der Waals surface area contributed by atoms with E-state index in [9.17, 15) is 0 Å². The molecule has 8 heteroatoms. The number of nitrogens with zero attached hydrogens (tertiary/aromatic N) is 4. The summed E-state index contributed by atoms with van der Waals surface area (Å²) < 4.78 is 0. The number of rotatable bonds is 4. The van der Waals surface area contributed by atoms with Gasteiger partial charge in [-0.2, -0.15) is 0 Å². The summed E-state index contributed by atoms with van der Waals surface area (Å²) in [5.41, 5.74) is 9.21. The molecular weight excluding hydrogens is 338 g/mol. The number of pyridine rings is 1. The van der Waals surface area contributed by atoms with Crippen molar-refractivity contribution in [2.24, 2.45) is 5.73 Å². The normalized spacial score (nSPS) is 20.4. The van der Waals surface area contributed by atoms with Crippen molar-refractivity contribution in [2.75, 3.05) is 29.9 Å². The molecule has 1 aliphatic heterocycles. The minimum atomic E-state index is -0.345. The fourth-order valence-electron chi connectivity index (χ4n) is 3.29. The Morgan fingerprint density at radius 1 is 1.44 bits per heavy atom. The lowest BCUT2D eigenvalue weighted by molar-refractivity contribution is 0.499. The summed E-state index contributed by atoms with van der Waals surface area (Å²) in [6.45, 7) is 4.26. The molecule has 130 valence electrons. The number of H-pyrrole nitrogens is 1. The first-order valence-corrected chi connectivity index (χ1v) is 8.59. The van der Waals surface area contributed by atoms with Gasteiger partial charge in [-0.3, -0.25) is 4.98 Å². The summed E-state index contributed by atoms with van der Waals surface area (Å²) >= 11 is 6.30. The monoisotopic (exact) mass is 357 g/mol. The third kappa shape index (κ3) is 3.01. The Labute approximate surface area is 150 Å². The molecular formula is C17H20ClN7. The molecule has 0 aromatic carbocycles. The quantitative estimate of drug-likeness (QED) is 0.663. The summed E-state index contributed by atoms with van der Waals surface area (Å²) in [5.74, 6) is 0.834. The van der Waals surface area contributed by atoms with Crippen LogP contribution >= 0.6 is 11.6 Å². The van der Waals surface area contributed by atoms with Gasteiger partial charge in [-0.25, -0.2) is 9.97 Å². The molecule has 25 heavy (non-hydrogen) atoms. The smallest absolute Gasteiger partial charge is 0.144 e. The highest BCUT2D eigenvalue weighted by atomic mass is 35.5. The lowest BCUT2D eigenvalue weighted by Gasteiger charge is -2.26. The number of hydrogen-bond donors (Lipinski definition) is 3. The number of nitrogens with two attached hydrogens (primary N) is 1. The van der Waals surface area contributed by atoms with E-state index in [1.807, 2.05) is 12.3 Å². The Bertz CT molecular complexity index is 909. The van der Waals surface area contributed by atoms with Crippen LogP contribution in [0.4, 0.5) is 11.5 Å². The number of aromatic amines is 1. The summed E-state index contributed by atoms with van der Waals surface area (Å²) in [6, 6.07) is 1.98. The van der Waals surface area contributed by atoms with Crippen LogP contribution in [0.5, 0.6) is 0 Å². The highest BCUT2D eigenvalue weighted by molar-refractivity contribution is 6.36. The summed E-state index contributed by atoms with van der Waals surface area (Å²) in [4.78, 5) is 18.1. The van der Waals surface area contributed by atoms with E-state index in [2.05, 4.69) is 37.1 Å². The lowest BCUT2D eigenvalue weighted by Crippen LogP contribution is -2.48. The predicted molar refractivity (Wildman–Crippen MR) is 100 cm³/mol. The van der Waals surface area contributed by atoms with E-state index < -0.39 is 0 Å². The van der Waals surface area contributed by atoms with Gasteiger partial charge in [0, 0.05) is 32.0 Å². The van der Waals surface area contributed by atoms with Gasteiger partial charge in [0.15, 0.2) is 0 Å². The van der Waals surface area contributed by atoms with Crippen LogP contribution in [0.25, 0.3) is 11.0 Å². The number of halogens is 1. The lowest BCUT2D eigenvalue weighted by atomic mass is 10.00. The number of aromatic nitrogens is 4. The maximum absolute atomic E-state index is 6.63. The molecule has 1 atom stereocenters. The first-order chi connectivity index (χ1) is 12.1. The molecule has 4 rings (SSSR count). The second-order valence-electron chi connectivity index (χ2n) is 6.64. The third-order valence-electron chi connectivity index (χ3n) is 4.76. The zero-order chi connectivity index (χ0) is 17.4. The van der Waals surface area contributed by atoms with Crippen LogP contribution in [-0.4, -0.2) is 45.1 Å². The largest absolute Gasteiger partial charge is 0.382 e. The van der Waals surface area contributed by atoms with Gasteiger partial charge in [-0.15, -0.1) is 0 Å². The predicted octanol–water partition coefficient (Wildman–Crippen LogP) is 2.33. The fourth-order valence-corrected chi connectivity index (χ4v) is 3.52. The molecule has 1 saturated heterocycles. The van der Waals surface area contributed by atoms with Gasteiger partial charge < -0.3 is 20.9 Å². The van der Waals surface area contributed by atoms with E-state index in [4.69, 9.17) is 17.3 Å². The zero-order valence-corrected chi connectivity index (χ0v) is 14.7. The highest BCUT2D eigenvalue weighted by Crippen LogP contribution is 2.33. The molecule has 0 spiro atoms. The second kappa shape index (κ2) is 6.16. The molecule has 1 fully saturated rings. The zero-order valence-electron chi connectivity index (χ0n) is 14.0. The maximum Gasteiger partial charge on any atom is 0.144 e. The Morgan fingerprint density at radius 2 is 2.32 bits per heavy atom. The SMILES string of the molecule is Cc1ccncc1NC[C@@]1(N)CCN(c2ncnc3[nH]cc(Cl)c23)C1. The van der Waals surface area contributed by atoms with Crippen molar-refractivity contribution in [1.29, 1.82) is 0 Å². The van der Waals surface area contributed by atoms with Crippen LogP contribution in [0.3, 0.4) is 0 Å². The molecule has 3 aromatic rings. The summed E-state index contributed by atoms with van der Waals surface area (Å²) in [5, 5.41) is 4.91. The minimum absolute atomic E-state index is 0.345. The Morgan fingerprint density at radius 3 is 3.16 bits per heavy atom. The Balaban J connectivity index is 1.52. The number of anilines is 2. The minimum Gasteiger partial charge on any atom is -0.382 e. The van der Waals surface area contributed by atoms with Crippen molar-refractivity contribution < 1.29 is 0 Å². The standard InChI is InChI=1S/C17H20ClN7/c1-11-2-4-20-7-13(11)22-8-17(19)3-5-25(9-17)16-14-12(18)6-21-15(14)23-10-24-16/h2,4,6-7,10,22H,3,5,8-9,19H2,1H3,(H,21,23,24)/t17-/m0/s1. The maximum atomic E-state index is 6.63. The van der Waals surface area contributed by atoms with E-state index in [1.165, 1.54) is 0 Å². The van der Waals surface area contributed by atoms with Crippen LogP contribution in [0, 0.1) is 6.92 Å². The Hall–Kier alpha value is -2.38. The molecule has 0 unspecified atom stereocenters. The molecule has 0 aliphatic carbocycles. The third-order valence-corrected chi connectivity index (χ3v) is 5.05. The molecule has 0 amide bonds.